The van der Waals surface area contributed by atoms with Crippen molar-refractivity contribution in [1.82, 2.24) is 0 Å². The van der Waals surface area contributed by atoms with Gasteiger partial charge in [-0.05, 0) is 0 Å². The number of nitrogens with zero attached hydrogens (tertiary/aromatic N) is 1. The molecule has 1 atom stereocenters. The molecule has 0 aliphatic carbocycles. The van der Waals surface area contributed by atoms with Gasteiger partial charge < -0.3 is 0 Å². The molecule has 0 heterocycles. The summed E-state index contributed by atoms with van der Waals surface area (Å²) in [6.07, 6.45) is -5.29. The predicted molar refractivity (Wildman–Crippen MR) is 47.4 cm³/mol. The Morgan fingerprint density at radius 1 is 1.54 bits per heavy atom. The van der Waals surface area contributed by atoms with Crippen molar-refractivity contribution in [3.8, 4) is 0 Å². The fraction of sp³-hybridized carbons (Fsp3) is 0.857. The van der Waals surface area contributed by atoms with Crippen LogP contribution in [0.5, 0.6) is 0 Å². The third-order valence-electron chi connectivity index (χ3n) is 1.56. The van der Waals surface area contributed by atoms with Crippen molar-refractivity contribution in [2.24, 2.45) is 4.99 Å². The molecule has 0 fully saturated rings. The van der Waals surface area contributed by atoms with Gasteiger partial charge in [-0.1, -0.05) is 0 Å². The van der Waals surface area contributed by atoms with Gasteiger partial charge in [-0.2, -0.15) is 0 Å². The topological polar surface area (TPSA) is 21.6 Å². The van der Waals surface area contributed by atoms with Crippen LogP contribution in [0.25, 0.3) is 0 Å². The maximum absolute atomic E-state index is 12.2. The van der Waals surface area contributed by atoms with Crippen molar-refractivity contribution in [2.45, 2.75) is 28.1 Å². The van der Waals surface area contributed by atoms with Crippen LogP contribution in [-0.4, -0.2) is 47.4 Å². The van der Waals surface area contributed by atoms with Crippen molar-refractivity contribution in [3.05, 3.63) is 0 Å². The van der Waals surface area contributed by atoms with E-state index in [0.717, 1.165) is 10.4 Å². The van der Waals surface area contributed by atoms with Gasteiger partial charge in [0.2, 0.25) is 0 Å². The molecule has 0 aliphatic rings. The van der Waals surface area contributed by atoms with E-state index < -0.39 is 34.2 Å². The van der Waals surface area contributed by atoms with E-state index in [-0.39, 0.29) is 0 Å². The molecule has 0 aromatic carbocycles. The molecule has 0 aromatic heterocycles. The SMILES string of the molecule is C[CH2][In]([CH3])[O]C(C=NC)C(F)(F)F. The normalized spacial score (nSPS) is 14.9. The van der Waals surface area contributed by atoms with Crippen LogP contribution in [-0.2, 0) is 2.85 Å². The third-order valence-corrected chi connectivity index (χ3v) is 7.01. The average Bonchev–Trinajstić information content (AvgIpc) is 2.01. The molecule has 0 aliphatic heterocycles. The summed E-state index contributed by atoms with van der Waals surface area (Å²) < 4.78 is 44.2. The quantitative estimate of drug-likeness (QED) is 0.730. The number of hydrogen-bond donors (Lipinski definition) is 0. The van der Waals surface area contributed by atoms with Crippen LogP contribution in [0.1, 0.15) is 6.92 Å². The molecule has 0 saturated heterocycles. The number of halogens is 3. The van der Waals surface area contributed by atoms with Crippen molar-refractivity contribution in [1.29, 1.82) is 0 Å². The number of alkyl halides is 3. The number of hydrogen-bond acceptors (Lipinski definition) is 2. The molecule has 6 heteroatoms. The van der Waals surface area contributed by atoms with E-state index in [1.807, 2.05) is 11.6 Å². The van der Waals surface area contributed by atoms with E-state index in [1.165, 1.54) is 7.05 Å². The molecule has 1 unspecified atom stereocenters. The van der Waals surface area contributed by atoms with Crippen LogP contribution in [0.4, 0.5) is 13.2 Å². The van der Waals surface area contributed by atoms with Gasteiger partial charge in [0.25, 0.3) is 0 Å². The minimum absolute atomic E-state index is 0.756. The summed E-state index contributed by atoms with van der Waals surface area (Å²) in [5.74, 6) is 0. The van der Waals surface area contributed by atoms with Gasteiger partial charge >= 0.3 is 84.2 Å². The molecule has 0 saturated carbocycles. The molecule has 13 heavy (non-hydrogen) atoms. The first-order valence-electron chi connectivity index (χ1n) is 4.06. The van der Waals surface area contributed by atoms with Gasteiger partial charge in [0.1, 0.15) is 0 Å². The van der Waals surface area contributed by atoms with Crippen LogP contribution < -0.4 is 0 Å². The Morgan fingerprint density at radius 3 is 2.38 bits per heavy atom. The predicted octanol–water partition coefficient (Wildman–Crippen LogP) is 2.28. The Balaban J connectivity index is 4.27. The minimum atomic E-state index is -4.32. The second kappa shape index (κ2) is 5.90. The molecule has 0 radical (unpaired) electrons. The zero-order chi connectivity index (χ0) is 10.5. The van der Waals surface area contributed by atoms with Crippen LogP contribution >= 0.6 is 0 Å². The second-order valence-electron chi connectivity index (χ2n) is 2.72. The average molecular weight is 299 g/mol. The van der Waals surface area contributed by atoms with Gasteiger partial charge in [-0.15, -0.1) is 0 Å². The van der Waals surface area contributed by atoms with Crippen molar-refractivity contribution in [3.63, 3.8) is 0 Å². The molecule has 2 nitrogen and oxygen atoms in total. The molecule has 0 N–H and O–H groups in total. The summed E-state index contributed by atoms with van der Waals surface area (Å²) in [5, 5.41) is 0. The van der Waals surface area contributed by atoms with E-state index in [1.54, 1.807) is 0 Å². The Hall–Kier alpha value is 0.290. The Morgan fingerprint density at radius 2 is 2.08 bits per heavy atom. The molecule has 0 rings (SSSR count). The first kappa shape index (κ1) is 13.3. The Bertz CT molecular complexity index is 172. The third kappa shape index (κ3) is 5.57. The Labute approximate surface area is 84.3 Å². The monoisotopic (exact) mass is 299 g/mol. The summed E-state index contributed by atoms with van der Waals surface area (Å²) in [7, 11) is 1.31. The van der Waals surface area contributed by atoms with Crippen LogP contribution in [0.2, 0.25) is 8.86 Å². The zero-order valence-electron chi connectivity index (χ0n) is 7.93. The van der Waals surface area contributed by atoms with Crippen molar-refractivity contribution in [2.75, 3.05) is 7.05 Å². The first-order valence-corrected chi connectivity index (χ1v) is 11.0. The molecular formula is C7H13F3InNO. The van der Waals surface area contributed by atoms with E-state index in [0.29, 0.717) is 0 Å². The van der Waals surface area contributed by atoms with Gasteiger partial charge in [0, 0.05) is 0 Å². The summed E-state index contributed by atoms with van der Waals surface area (Å²) >= 11 is -2.33. The maximum atomic E-state index is 12.2. The summed E-state index contributed by atoms with van der Waals surface area (Å²) in [5.41, 5.74) is 0. The van der Waals surface area contributed by atoms with Crippen molar-refractivity contribution >= 4 is 28.1 Å². The molecule has 76 valence electrons. The standard InChI is InChI=1S/C4H5F3NO.C2H5.CH3.In/c1-8-2-3(9)4(5,6)7;1-2;;/h2-3H,1H3;1H2,2H3;1H3;/q-1;;;+1. The van der Waals surface area contributed by atoms with Gasteiger partial charge in [-0.25, -0.2) is 0 Å². The van der Waals surface area contributed by atoms with E-state index >= 15 is 0 Å². The fourth-order valence-corrected chi connectivity index (χ4v) is 3.30. The van der Waals surface area contributed by atoms with E-state index in [2.05, 4.69) is 4.99 Å². The molecule has 0 aromatic rings. The fourth-order valence-electron chi connectivity index (χ4n) is 0.679. The number of rotatable bonds is 4. The first-order chi connectivity index (χ1) is 5.91. The summed E-state index contributed by atoms with van der Waals surface area (Å²) in [6.45, 7) is 1.86. The Kier molecular flexibility index (Phi) is 6.04. The van der Waals surface area contributed by atoms with E-state index in [9.17, 15) is 13.2 Å². The summed E-state index contributed by atoms with van der Waals surface area (Å²) in [6, 6.07) is 0. The van der Waals surface area contributed by atoms with Crippen LogP contribution in [0.3, 0.4) is 0 Å². The molecular weight excluding hydrogens is 286 g/mol. The van der Waals surface area contributed by atoms with Crippen molar-refractivity contribution < 1.29 is 16.0 Å². The number of aliphatic imine (C=N–C) groups is 1. The van der Waals surface area contributed by atoms with Crippen LogP contribution in [0.15, 0.2) is 4.99 Å². The summed E-state index contributed by atoms with van der Waals surface area (Å²) in [4.78, 5) is 3.35. The van der Waals surface area contributed by atoms with Gasteiger partial charge in [-0.3, -0.25) is 0 Å². The molecule has 0 amide bonds. The second-order valence-corrected chi connectivity index (χ2v) is 10.5. The zero-order valence-corrected chi connectivity index (χ0v) is 11.2. The molecule has 0 bridgehead atoms. The van der Waals surface area contributed by atoms with E-state index in [4.69, 9.17) is 2.85 Å². The molecule has 0 spiro atoms. The van der Waals surface area contributed by atoms with Crippen LogP contribution in [0, 0.1) is 0 Å². The van der Waals surface area contributed by atoms with Gasteiger partial charge in [0.05, 0.1) is 0 Å². The van der Waals surface area contributed by atoms with Gasteiger partial charge in [0.15, 0.2) is 0 Å².